The van der Waals surface area contributed by atoms with E-state index in [0.717, 1.165) is 0 Å². The molecule has 0 spiro atoms. The van der Waals surface area contributed by atoms with Gasteiger partial charge in [0.15, 0.2) is 0 Å². The first-order chi connectivity index (χ1) is 9.40. The molecule has 0 bridgehead atoms. The number of fused-ring (bicyclic) bond motifs is 2. The number of hydrogen-bond donors (Lipinski definition) is 1. The van der Waals surface area contributed by atoms with Crippen LogP contribution in [0.2, 0.25) is 0 Å². The number of anilines is 2. The molecule has 4 rings (SSSR count). The Labute approximate surface area is 120 Å². The summed E-state index contributed by atoms with van der Waals surface area (Å²) in [7, 11) is 0. The van der Waals surface area contributed by atoms with Gasteiger partial charge in [-0.15, -0.1) is 11.3 Å². The maximum atomic E-state index is 3.53. The van der Waals surface area contributed by atoms with Crippen LogP contribution < -0.4 is 5.32 Å². The van der Waals surface area contributed by atoms with E-state index in [1.54, 1.807) is 11.3 Å². The predicted octanol–water partition coefficient (Wildman–Crippen LogP) is 5.62. The van der Waals surface area contributed by atoms with Crippen LogP contribution in [0.4, 0.5) is 11.4 Å². The summed E-state index contributed by atoms with van der Waals surface area (Å²) in [6.45, 7) is 0. The molecule has 19 heavy (non-hydrogen) atoms. The zero-order valence-electron chi connectivity index (χ0n) is 10.1. The van der Waals surface area contributed by atoms with Crippen molar-refractivity contribution < 1.29 is 0 Å². The van der Waals surface area contributed by atoms with E-state index in [0.29, 0.717) is 0 Å². The summed E-state index contributed by atoms with van der Waals surface area (Å²) in [6, 6.07) is 19.3. The van der Waals surface area contributed by atoms with E-state index in [1.165, 1.54) is 31.6 Å². The fourth-order valence-corrected chi connectivity index (χ4v) is 3.93. The highest BCUT2D eigenvalue weighted by Gasteiger charge is 2.15. The van der Waals surface area contributed by atoms with E-state index in [-0.39, 0.29) is 0 Å². The molecular weight excluding hydrogens is 270 g/mol. The molecule has 0 fully saturated rings. The van der Waals surface area contributed by atoms with Crippen molar-refractivity contribution in [2.24, 2.45) is 0 Å². The Kier molecular flexibility index (Phi) is 2.60. The van der Waals surface area contributed by atoms with Crippen LogP contribution in [0.1, 0.15) is 0 Å². The van der Waals surface area contributed by atoms with Gasteiger partial charge in [-0.05, 0) is 41.3 Å². The molecule has 3 aromatic rings. The van der Waals surface area contributed by atoms with Crippen molar-refractivity contribution in [3.8, 4) is 10.4 Å². The second-order valence-corrected chi connectivity index (χ2v) is 6.44. The van der Waals surface area contributed by atoms with Crippen molar-refractivity contribution in [2.45, 2.75) is 9.79 Å². The minimum atomic E-state index is 1.20. The lowest BCUT2D eigenvalue weighted by atomic mass is 10.1. The Morgan fingerprint density at radius 3 is 2.58 bits per heavy atom. The molecule has 0 radical (unpaired) electrons. The van der Waals surface area contributed by atoms with Crippen molar-refractivity contribution in [1.82, 2.24) is 0 Å². The minimum Gasteiger partial charge on any atom is -0.354 e. The molecule has 1 aromatic heterocycles. The molecule has 0 saturated heterocycles. The Hall–Kier alpha value is -1.71. The van der Waals surface area contributed by atoms with Gasteiger partial charge in [0.05, 0.1) is 11.4 Å². The SMILES string of the molecule is c1csc(-c2ccc3c(c2)Nc2ccccc2S3)c1. The van der Waals surface area contributed by atoms with Gasteiger partial charge in [-0.2, -0.15) is 0 Å². The van der Waals surface area contributed by atoms with E-state index in [2.05, 4.69) is 65.3 Å². The van der Waals surface area contributed by atoms with Crippen LogP contribution in [0.25, 0.3) is 10.4 Å². The maximum absolute atomic E-state index is 3.53. The van der Waals surface area contributed by atoms with E-state index in [1.807, 2.05) is 11.8 Å². The Morgan fingerprint density at radius 2 is 1.68 bits per heavy atom. The third-order valence-corrected chi connectivity index (χ3v) is 5.23. The number of benzene rings is 2. The van der Waals surface area contributed by atoms with Gasteiger partial charge in [0, 0.05) is 14.7 Å². The first-order valence-corrected chi connectivity index (χ1v) is 7.81. The van der Waals surface area contributed by atoms with Crippen molar-refractivity contribution in [1.29, 1.82) is 0 Å². The molecule has 0 atom stereocenters. The normalized spacial score (nSPS) is 12.4. The number of thiophene rings is 1. The molecule has 0 amide bonds. The summed E-state index contributed by atoms with van der Waals surface area (Å²) in [6.07, 6.45) is 0. The summed E-state index contributed by atoms with van der Waals surface area (Å²) in [5.41, 5.74) is 3.68. The second-order valence-electron chi connectivity index (χ2n) is 4.41. The molecule has 1 aliphatic heterocycles. The van der Waals surface area contributed by atoms with Crippen LogP contribution in [0.5, 0.6) is 0 Å². The van der Waals surface area contributed by atoms with Crippen molar-refractivity contribution in [3.05, 3.63) is 60.0 Å². The van der Waals surface area contributed by atoms with Crippen LogP contribution in [-0.4, -0.2) is 0 Å². The van der Waals surface area contributed by atoms with Crippen LogP contribution in [0, 0.1) is 0 Å². The Morgan fingerprint density at radius 1 is 0.789 bits per heavy atom. The monoisotopic (exact) mass is 281 g/mol. The lowest BCUT2D eigenvalue weighted by molar-refractivity contribution is 1.32. The molecule has 3 heteroatoms. The summed E-state index contributed by atoms with van der Waals surface area (Å²) >= 11 is 3.61. The van der Waals surface area contributed by atoms with E-state index < -0.39 is 0 Å². The number of hydrogen-bond acceptors (Lipinski definition) is 3. The highest BCUT2D eigenvalue weighted by molar-refractivity contribution is 7.99. The van der Waals surface area contributed by atoms with Crippen molar-refractivity contribution >= 4 is 34.5 Å². The van der Waals surface area contributed by atoms with Gasteiger partial charge in [-0.1, -0.05) is 36.0 Å². The van der Waals surface area contributed by atoms with Gasteiger partial charge >= 0.3 is 0 Å². The summed E-state index contributed by atoms with van der Waals surface area (Å²) in [5, 5.41) is 5.64. The van der Waals surface area contributed by atoms with Crippen LogP contribution in [0.15, 0.2) is 69.8 Å². The molecule has 92 valence electrons. The molecule has 2 heterocycles. The zero-order valence-corrected chi connectivity index (χ0v) is 11.7. The average molecular weight is 281 g/mol. The van der Waals surface area contributed by atoms with E-state index >= 15 is 0 Å². The molecule has 1 nitrogen and oxygen atoms in total. The molecule has 1 aliphatic rings. The van der Waals surface area contributed by atoms with Gasteiger partial charge < -0.3 is 5.32 Å². The smallest absolute Gasteiger partial charge is 0.0532 e. The Bertz CT molecular complexity index is 732. The molecule has 1 N–H and O–H groups in total. The molecule has 0 unspecified atom stereocenters. The highest BCUT2D eigenvalue weighted by Crippen LogP contribution is 2.45. The molecular formula is C16H11NS2. The van der Waals surface area contributed by atoms with Gasteiger partial charge in [-0.25, -0.2) is 0 Å². The van der Waals surface area contributed by atoms with Crippen LogP contribution in [-0.2, 0) is 0 Å². The fourth-order valence-electron chi connectivity index (χ4n) is 2.24. The van der Waals surface area contributed by atoms with Crippen LogP contribution in [0.3, 0.4) is 0 Å². The van der Waals surface area contributed by atoms with Gasteiger partial charge in [0.2, 0.25) is 0 Å². The molecule has 0 saturated carbocycles. The van der Waals surface area contributed by atoms with Crippen molar-refractivity contribution in [3.63, 3.8) is 0 Å². The largest absolute Gasteiger partial charge is 0.354 e. The zero-order chi connectivity index (χ0) is 12.7. The number of para-hydroxylation sites is 1. The second kappa shape index (κ2) is 4.44. The topological polar surface area (TPSA) is 12.0 Å². The Balaban J connectivity index is 1.78. The first-order valence-electron chi connectivity index (χ1n) is 6.12. The summed E-state index contributed by atoms with van der Waals surface area (Å²) < 4.78 is 0. The quantitative estimate of drug-likeness (QED) is 0.485. The maximum Gasteiger partial charge on any atom is 0.0532 e. The third kappa shape index (κ3) is 1.95. The third-order valence-electron chi connectivity index (χ3n) is 3.16. The first kappa shape index (κ1) is 11.1. The standard InChI is InChI=1S/C16H11NS2/c1-2-5-15-12(4-1)17-13-10-11(7-8-16(13)19-15)14-6-3-9-18-14/h1-10,17H. The summed E-state index contributed by atoms with van der Waals surface area (Å²) in [4.78, 5) is 3.89. The minimum absolute atomic E-state index is 1.20. The average Bonchev–Trinajstić information content (AvgIpc) is 2.98. The predicted molar refractivity (Wildman–Crippen MR) is 83.6 cm³/mol. The molecule has 0 aliphatic carbocycles. The lowest BCUT2D eigenvalue weighted by Gasteiger charge is -2.21. The highest BCUT2D eigenvalue weighted by atomic mass is 32.2. The number of nitrogens with one attached hydrogen (secondary N) is 1. The van der Waals surface area contributed by atoms with Gasteiger partial charge in [0.1, 0.15) is 0 Å². The van der Waals surface area contributed by atoms with E-state index in [9.17, 15) is 0 Å². The van der Waals surface area contributed by atoms with Crippen LogP contribution >= 0.6 is 23.1 Å². The fraction of sp³-hybridized carbons (Fsp3) is 0. The van der Waals surface area contributed by atoms with Crippen molar-refractivity contribution in [2.75, 3.05) is 5.32 Å². The van der Waals surface area contributed by atoms with Gasteiger partial charge in [-0.3, -0.25) is 0 Å². The summed E-state index contributed by atoms with van der Waals surface area (Å²) in [5.74, 6) is 0. The number of rotatable bonds is 1. The van der Waals surface area contributed by atoms with Gasteiger partial charge in [0.25, 0.3) is 0 Å². The van der Waals surface area contributed by atoms with E-state index in [4.69, 9.17) is 0 Å². The molecule has 2 aromatic carbocycles. The lowest BCUT2D eigenvalue weighted by Crippen LogP contribution is -1.99.